The molecule has 0 spiro atoms. The standard InChI is InChI=1S/C7H12N4O2/c1-2-13-7(12)5(3-8)6-4-9-11-10-6/h4-5H,2-3,8H2,1H3,(H,9,10,11)/t5-/m0/s1. The Morgan fingerprint density at radius 3 is 3.08 bits per heavy atom. The Kier molecular flexibility index (Phi) is 3.39. The van der Waals surface area contributed by atoms with Gasteiger partial charge in [-0.15, -0.1) is 0 Å². The summed E-state index contributed by atoms with van der Waals surface area (Å²) in [7, 11) is 0. The molecule has 6 nitrogen and oxygen atoms in total. The van der Waals surface area contributed by atoms with Crippen molar-refractivity contribution in [2.75, 3.05) is 13.2 Å². The van der Waals surface area contributed by atoms with Crippen molar-refractivity contribution in [2.24, 2.45) is 5.73 Å². The zero-order chi connectivity index (χ0) is 9.68. The third-order valence-electron chi connectivity index (χ3n) is 1.60. The Hall–Kier alpha value is -1.43. The van der Waals surface area contributed by atoms with E-state index in [0.717, 1.165) is 0 Å². The van der Waals surface area contributed by atoms with Gasteiger partial charge in [0, 0.05) is 6.54 Å². The quantitative estimate of drug-likeness (QED) is 0.610. The smallest absolute Gasteiger partial charge is 0.316 e. The number of nitrogens with one attached hydrogen (secondary N) is 1. The SMILES string of the molecule is CCOC(=O)[C@@H](CN)c1cn[nH]n1. The van der Waals surface area contributed by atoms with Gasteiger partial charge in [0.05, 0.1) is 18.5 Å². The van der Waals surface area contributed by atoms with E-state index < -0.39 is 5.92 Å². The number of H-pyrrole nitrogens is 1. The maximum atomic E-state index is 11.3. The van der Waals surface area contributed by atoms with Crippen LogP contribution in [0.4, 0.5) is 0 Å². The summed E-state index contributed by atoms with van der Waals surface area (Å²) >= 11 is 0. The first kappa shape index (κ1) is 9.66. The summed E-state index contributed by atoms with van der Waals surface area (Å²) < 4.78 is 4.82. The number of rotatable bonds is 4. The predicted octanol–water partition coefficient (Wildman–Crippen LogP) is -0.590. The molecular weight excluding hydrogens is 172 g/mol. The van der Waals surface area contributed by atoms with E-state index in [4.69, 9.17) is 10.5 Å². The molecular formula is C7H12N4O2. The minimum atomic E-state index is -0.515. The Morgan fingerprint density at radius 2 is 2.62 bits per heavy atom. The van der Waals surface area contributed by atoms with E-state index >= 15 is 0 Å². The fourth-order valence-corrected chi connectivity index (χ4v) is 0.959. The molecule has 0 amide bonds. The number of ether oxygens (including phenoxy) is 1. The third-order valence-corrected chi connectivity index (χ3v) is 1.60. The van der Waals surface area contributed by atoms with E-state index in [0.29, 0.717) is 12.3 Å². The van der Waals surface area contributed by atoms with Crippen LogP contribution in [-0.2, 0) is 9.53 Å². The number of aromatic amines is 1. The number of aromatic nitrogens is 3. The summed E-state index contributed by atoms with van der Waals surface area (Å²) in [6.07, 6.45) is 1.47. The first-order chi connectivity index (χ1) is 6.29. The van der Waals surface area contributed by atoms with Crippen LogP contribution in [0.15, 0.2) is 6.20 Å². The highest BCUT2D eigenvalue weighted by Crippen LogP contribution is 2.11. The second-order valence-corrected chi connectivity index (χ2v) is 2.44. The van der Waals surface area contributed by atoms with E-state index in [1.54, 1.807) is 6.92 Å². The van der Waals surface area contributed by atoms with Gasteiger partial charge in [0.1, 0.15) is 5.92 Å². The number of nitrogens with zero attached hydrogens (tertiary/aromatic N) is 2. The van der Waals surface area contributed by atoms with Crippen molar-refractivity contribution in [3.05, 3.63) is 11.9 Å². The average molecular weight is 184 g/mol. The number of carbonyl (C=O) groups is 1. The van der Waals surface area contributed by atoms with Crippen molar-refractivity contribution in [3.63, 3.8) is 0 Å². The molecule has 0 bridgehead atoms. The van der Waals surface area contributed by atoms with Crippen molar-refractivity contribution in [3.8, 4) is 0 Å². The van der Waals surface area contributed by atoms with Crippen LogP contribution >= 0.6 is 0 Å². The molecule has 1 heterocycles. The number of hydrogen-bond acceptors (Lipinski definition) is 5. The van der Waals surface area contributed by atoms with Crippen LogP contribution in [0.25, 0.3) is 0 Å². The molecule has 13 heavy (non-hydrogen) atoms. The zero-order valence-electron chi connectivity index (χ0n) is 7.36. The van der Waals surface area contributed by atoms with Gasteiger partial charge in [-0.3, -0.25) is 4.79 Å². The third kappa shape index (κ3) is 2.25. The van der Waals surface area contributed by atoms with Gasteiger partial charge in [-0.1, -0.05) is 0 Å². The molecule has 72 valence electrons. The maximum absolute atomic E-state index is 11.3. The van der Waals surface area contributed by atoms with Gasteiger partial charge in [0.25, 0.3) is 0 Å². The summed E-state index contributed by atoms with van der Waals surface area (Å²) in [6, 6.07) is 0. The van der Waals surface area contributed by atoms with Crippen molar-refractivity contribution >= 4 is 5.97 Å². The van der Waals surface area contributed by atoms with Crippen LogP contribution in [0.1, 0.15) is 18.5 Å². The van der Waals surface area contributed by atoms with Gasteiger partial charge in [-0.2, -0.15) is 15.4 Å². The van der Waals surface area contributed by atoms with Crippen LogP contribution in [-0.4, -0.2) is 34.5 Å². The highest BCUT2D eigenvalue weighted by molar-refractivity contribution is 5.77. The normalized spacial score (nSPS) is 12.5. The van der Waals surface area contributed by atoms with Crippen molar-refractivity contribution < 1.29 is 9.53 Å². The lowest BCUT2D eigenvalue weighted by Gasteiger charge is -2.09. The summed E-state index contributed by atoms with van der Waals surface area (Å²) in [5, 5.41) is 9.79. The summed E-state index contributed by atoms with van der Waals surface area (Å²) in [6.45, 7) is 2.26. The molecule has 0 fully saturated rings. The van der Waals surface area contributed by atoms with Gasteiger partial charge >= 0.3 is 5.97 Å². The summed E-state index contributed by atoms with van der Waals surface area (Å²) in [5.74, 6) is -0.877. The van der Waals surface area contributed by atoms with Gasteiger partial charge < -0.3 is 10.5 Å². The average Bonchev–Trinajstić information content (AvgIpc) is 2.59. The van der Waals surface area contributed by atoms with Gasteiger partial charge in [0.15, 0.2) is 0 Å². The van der Waals surface area contributed by atoms with Crippen molar-refractivity contribution in [1.82, 2.24) is 15.4 Å². The lowest BCUT2D eigenvalue weighted by molar-refractivity contribution is -0.144. The number of carbonyl (C=O) groups excluding carboxylic acids is 1. The number of nitrogens with two attached hydrogens (primary N) is 1. The highest BCUT2D eigenvalue weighted by atomic mass is 16.5. The largest absolute Gasteiger partial charge is 0.465 e. The Bertz CT molecular complexity index is 259. The number of hydrogen-bond donors (Lipinski definition) is 2. The molecule has 0 unspecified atom stereocenters. The molecule has 0 saturated carbocycles. The molecule has 1 aromatic heterocycles. The molecule has 0 aliphatic carbocycles. The van der Waals surface area contributed by atoms with Crippen molar-refractivity contribution in [2.45, 2.75) is 12.8 Å². The Balaban J connectivity index is 2.68. The second-order valence-electron chi connectivity index (χ2n) is 2.44. The van der Waals surface area contributed by atoms with E-state index in [1.807, 2.05) is 0 Å². The van der Waals surface area contributed by atoms with Gasteiger partial charge in [0.2, 0.25) is 0 Å². The van der Waals surface area contributed by atoms with Crippen LogP contribution in [0.2, 0.25) is 0 Å². The van der Waals surface area contributed by atoms with E-state index in [-0.39, 0.29) is 12.5 Å². The van der Waals surface area contributed by atoms with E-state index in [1.165, 1.54) is 6.20 Å². The molecule has 1 aromatic rings. The summed E-state index contributed by atoms with van der Waals surface area (Å²) in [4.78, 5) is 11.3. The Labute approximate surface area is 75.5 Å². The van der Waals surface area contributed by atoms with E-state index in [2.05, 4.69) is 15.4 Å². The second kappa shape index (κ2) is 4.56. The van der Waals surface area contributed by atoms with Crippen LogP contribution in [0.5, 0.6) is 0 Å². The molecule has 1 rings (SSSR count). The fourth-order valence-electron chi connectivity index (χ4n) is 0.959. The van der Waals surface area contributed by atoms with Gasteiger partial charge in [-0.25, -0.2) is 0 Å². The molecule has 0 aliphatic heterocycles. The van der Waals surface area contributed by atoms with Gasteiger partial charge in [-0.05, 0) is 6.92 Å². The first-order valence-electron chi connectivity index (χ1n) is 4.02. The van der Waals surface area contributed by atoms with Crippen molar-refractivity contribution in [1.29, 1.82) is 0 Å². The molecule has 0 radical (unpaired) electrons. The zero-order valence-corrected chi connectivity index (χ0v) is 7.36. The van der Waals surface area contributed by atoms with Crippen LogP contribution in [0.3, 0.4) is 0 Å². The maximum Gasteiger partial charge on any atom is 0.316 e. The van der Waals surface area contributed by atoms with E-state index in [9.17, 15) is 4.79 Å². The van der Waals surface area contributed by atoms with Crippen LogP contribution in [0, 0.1) is 0 Å². The molecule has 0 aliphatic rings. The number of esters is 1. The molecule has 0 saturated heterocycles. The predicted molar refractivity (Wildman–Crippen MR) is 44.8 cm³/mol. The molecule has 3 N–H and O–H groups in total. The van der Waals surface area contributed by atoms with Crippen LogP contribution < -0.4 is 5.73 Å². The topological polar surface area (TPSA) is 93.9 Å². The first-order valence-corrected chi connectivity index (χ1v) is 4.02. The molecule has 0 aromatic carbocycles. The lowest BCUT2D eigenvalue weighted by Crippen LogP contribution is -2.24. The molecule has 1 atom stereocenters. The summed E-state index contributed by atoms with van der Waals surface area (Å²) in [5.41, 5.74) is 5.93. The molecule has 6 heteroatoms. The Morgan fingerprint density at radius 1 is 1.85 bits per heavy atom. The monoisotopic (exact) mass is 184 g/mol. The highest BCUT2D eigenvalue weighted by Gasteiger charge is 2.22. The fraction of sp³-hybridized carbons (Fsp3) is 0.571. The minimum Gasteiger partial charge on any atom is -0.465 e. The minimum absolute atomic E-state index is 0.172. The lowest BCUT2D eigenvalue weighted by atomic mass is 10.1.